The summed E-state index contributed by atoms with van der Waals surface area (Å²) in [5.41, 5.74) is 4.47. The molecule has 3 aromatic rings. The van der Waals surface area contributed by atoms with Gasteiger partial charge in [0.2, 0.25) is 0 Å². The predicted molar refractivity (Wildman–Crippen MR) is 137 cm³/mol. The minimum absolute atomic E-state index is 0.0165. The fourth-order valence-electron chi connectivity index (χ4n) is 4.69. The Morgan fingerprint density at radius 1 is 0.943 bits per heavy atom. The van der Waals surface area contributed by atoms with Crippen LogP contribution in [0, 0.1) is 19.7 Å². The quantitative estimate of drug-likeness (QED) is 0.275. The monoisotopic (exact) mass is 472 g/mol. The van der Waals surface area contributed by atoms with Gasteiger partial charge >= 0.3 is 0 Å². The van der Waals surface area contributed by atoms with Gasteiger partial charge in [-0.3, -0.25) is 14.5 Å². The van der Waals surface area contributed by atoms with Gasteiger partial charge in [0.1, 0.15) is 11.6 Å². The average Bonchev–Trinajstić information content (AvgIpc) is 3.11. The van der Waals surface area contributed by atoms with E-state index >= 15 is 0 Å². The summed E-state index contributed by atoms with van der Waals surface area (Å²) in [5.74, 6) is -2.27. The van der Waals surface area contributed by atoms with Crippen molar-refractivity contribution in [1.29, 1.82) is 0 Å². The molecule has 1 N–H and O–H groups in total. The molecular weight excluding hydrogens is 443 g/mol. The third-order valence-electron chi connectivity index (χ3n) is 6.51. The summed E-state index contributed by atoms with van der Waals surface area (Å²) in [5, 5.41) is 11.2. The number of anilines is 2. The summed E-state index contributed by atoms with van der Waals surface area (Å²) >= 11 is 0. The van der Waals surface area contributed by atoms with Crippen LogP contribution in [0.25, 0.3) is 5.76 Å². The fourth-order valence-corrected chi connectivity index (χ4v) is 4.69. The maximum absolute atomic E-state index is 13.5. The Balaban J connectivity index is 1.92. The number of amides is 1. The normalized spacial score (nSPS) is 17.2. The number of halogens is 1. The first kappa shape index (κ1) is 24.2. The molecule has 0 radical (unpaired) electrons. The molecular formula is C29H29FN2O3. The highest BCUT2D eigenvalue weighted by atomic mass is 19.1. The number of aliphatic hydroxyl groups excluding tert-OH is 1. The summed E-state index contributed by atoms with van der Waals surface area (Å²) in [6.45, 7) is 9.71. The number of carbonyl (C=O) groups excluding carboxylic acids is 2. The molecule has 35 heavy (non-hydrogen) atoms. The van der Waals surface area contributed by atoms with Crippen molar-refractivity contribution in [3.63, 3.8) is 0 Å². The molecule has 1 saturated heterocycles. The molecule has 0 saturated carbocycles. The number of hydrogen-bond acceptors (Lipinski definition) is 4. The maximum Gasteiger partial charge on any atom is 0.300 e. The Kier molecular flexibility index (Phi) is 6.74. The number of Topliss-reactive ketones (excluding diaryl/α,β-unsaturated/α-hetero) is 1. The van der Waals surface area contributed by atoms with Gasteiger partial charge in [-0.05, 0) is 81.3 Å². The molecule has 3 aromatic carbocycles. The van der Waals surface area contributed by atoms with E-state index in [2.05, 4.69) is 18.7 Å². The number of aryl methyl sites for hydroxylation is 2. The lowest BCUT2D eigenvalue weighted by atomic mass is 9.94. The zero-order valence-corrected chi connectivity index (χ0v) is 20.4. The van der Waals surface area contributed by atoms with Crippen LogP contribution in [-0.4, -0.2) is 29.9 Å². The van der Waals surface area contributed by atoms with E-state index in [9.17, 15) is 19.1 Å². The Labute approximate surface area is 205 Å². The Morgan fingerprint density at radius 2 is 1.57 bits per heavy atom. The van der Waals surface area contributed by atoms with E-state index in [-0.39, 0.29) is 16.9 Å². The molecule has 1 unspecified atom stereocenters. The van der Waals surface area contributed by atoms with E-state index in [4.69, 9.17) is 0 Å². The summed E-state index contributed by atoms with van der Waals surface area (Å²) in [6, 6.07) is 17.8. The van der Waals surface area contributed by atoms with Crippen LogP contribution < -0.4 is 9.80 Å². The van der Waals surface area contributed by atoms with Crippen LogP contribution in [0.4, 0.5) is 15.8 Å². The van der Waals surface area contributed by atoms with Crippen LogP contribution in [0.3, 0.4) is 0 Å². The SMILES string of the molecule is CCN(CC)c1ccc(C2/C(=C(\O)c3ccc(F)cc3)C(=O)C(=O)N2c2ccc(C)cc2C)cc1. The van der Waals surface area contributed by atoms with Crippen molar-refractivity contribution in [3.8, 4) is 0 Å². The van der Waals surface area contributed by atoms with Crippen molar-refractivity contribution in [3.05, 3.63) is 100 Å². The minimum Gasteiger partial charge on any atom is -0.507 e. The number of hydrogen-bond donors (Lipinski definition) is 1. The van der Waals surface area contributed by atoms with Gasteiger partial charge in [0.05, 0.1) is 11.6 Å². The van der Waals surface area contributed by atoms with Crippen LogP contribution in [0.5, 0.6) is 0 Å². The van der Waals surface area contributed by atoms with Gasteiger partial charge < -0.3 is 10.0 Å². The lowest BCUT2D eigenvalue weighted by Crippen LogP contribution is -2.30. The van der Waals surface area contributed by atoms with Gasteiger partial charge in [-0.15, -0.1) is 0 Å². The molecule has 1 atom stereocenters. The molecule has 180 valence electrons. The Morgan fingerprint density at radius 3 is 2.14 bits per heavy atom. The van der Waals surface area contributed by atoms with E-state index in [0.717, 1.165) is 29.9 Å². The third-order valence-corrected chi connectivity index (χ3v) is 6.51. The summed E-state index contributed by atoms with van der Waals surface area (Å²) in [6.07, 6.45) is 0. The molecule has 1 aliphatic heterocycles. The zero-order chi connectivity index (χ0) is 25.3. The van der Waals surface area contributed by atoms with E-state index in [0.29, 0.717) is 11.3 Å². The number of carbonyl (C=O) groups is 2. The average molecular weight is 473 g/mol. The first-order chi connectivity index (χ1) is 16.8. The molecule has 0 aromatic heterocycles. The van der Waals surface area contributed by atoms with Crippen molar-refractivity contribution in [2.45, 2.75) is 33.7 Å². The molecule has 1 aliphatic rings. The largest absolute Gasteiger partial charge is 0.507 e. The molecule has 1 amide bonds. The second kappa shape index (κ2) is 9.74. The van der Waals surface area contributed by atoms with Gasteiger partial charge in [-0.1, -0.05) is 29.8 Å². The summed E-state index contributed by atoms with van der Waals surface area (Å²) in [7, 11) is 0. The van der Waals surface area contributed by atoms with Crippen molar-refractivity contribution in [1.82, 2.24) is 0 Å². The number of nitrogens with zero attached hydrogens (tertiary/aromatic N) is 2. The summed E-state index contributed by atoms with van der Waals surface area (Å²) < 4.78 is 13.5. The van der Waals surface area contributed by atoms with Crippen molar-refractivity contribution < 1.29 is 19.1 Å². The topological polar surface area (TPSA) is 60.9 Å². The van der Waals surface area contributed by atoms with Crippen molar-refractivity contribution in [2.24, 2.45) is 0 Å². The van der Waals surface area contributed by atoms with Crippen LogP contribution in [-0.2, 0) is 9.59 Å². The van der Waals surface area contributed by atoms with Gasteiger partial charge in [-0.25, -0.2) is 4.39 Å². The predicted octanol–water partition coefficient (Wildman–Crippen LogP) is 5.92. The van der Waals surface area contributed by atoms with Crippen LogP contribution in [0.2, 0.25) is 0 Å². The van der Waals surface area contributed by atoms with Crippen molar-refractivity contribution >= 4 is 28.8 Å². The minimum atomic E-state index is -0.827. The van der Waals surface area contributed by atoms with Crippen LogP contribution in [0.1, 0.15) is 42.1 Å². The molecule has 1 heterocycles. The fraction of sp³-hybridized carbons (Fsp3) is 0.241. The molecule has 5 nitrogen and oxygen atoms in total. The van der Waals surface area contributed by atoms with Crippen molar-refractivity contribution in [2.75, 3.05) is 22.9 Å². The Hall–Kier alpha value is -3.93. The van der Waals surface area contributed by atoms with Gasteiger partial charge in [0.15, 0.2) is 0 Å². The van der Waals surface area contributed by atoms with Crippen LogP contribution >= 0.6 is 0 Å². The summed E-state index contributed by atoms with van der Waals surface area (Å²) in [4.78, 5) is 30.3. The van der Waals surface area contributed by atoms with Gasteiger partial charge in [0.25, 0.3) is 11.7 Å². The third kappa shape index (κ3) is 4.44. The molecule has 4 rings (SSSR count). The van der Waals surface area contributed by atoms with Gasteiger partial charge in [-0.2, -0.15) is 0 Å². The first-order valence-electron chi connectivity index (χ1n) is 11.8. The number of ketones is 1. The molecule has 6 heteroatoms. The van der Waals surface area contributed by atoms with Crippen LogP contribution in [0.15, 0.2) is 72.3 Å². The zero-order valence-electron chi connectivity index (χ0n) is 20.4. The molecule has 0 spiro atoms. The Bertz CT molecular complexity index is 1290. The second-order valence-electron chi connectivity index (χ2n) is 8.73. The highest BCUT2D eigenvalue weighted by Crippen LogP contribution is 2.43. The second-order valence-corrected chi connectivity index (χ2v) is 8.73. The van der Waals surface area contributed by atoms with E-state index in [1.165, 1.54) is 29.2 Å². The maximum atomic E-state index is 13.5. The number of benzene rings is 3. The van der Waals surface area contributed by atoms with E-state index in [1.807, 2.05) is 56.3 Å². The lowest BCUT2D eigenvalue weighted by Gasteiger charge is -2.28. The number of rotatable bonds is 6. The standard InChI is InChI=1S/C29H29FN2O3/c1-5-31(6-2)23-14-10-20(11-15-23)26-25(27(33)21-8-12-22(30)13-9-21)28(34)29(35)32(26)24-16-7-18(3)17-19(24)4/h7-17,26,33H,5-6H2,1-4H3/b27-25+. The molecule has 0 bridgehead atoms. The highest BCUT2D eigenvalue weighted by molar-refractivity contribution is 6.51. The number of aliphatic hydroxyl groups is 1. The lowest BCUT2D eigenvalue weighted by molar-refractivity contribution is -0.132. The van der Waals surface area contributed by atoms with E-state index < -0.39 is 23.5 Å². The van der Waals surface area contributed by atoms with Gasteiger partial charge in [0, 0.05) is 30.0 Å². The molecule has 0 aliphatic carbocycles. The first-order valence-corrected chi connectivity index (χ1v) is 11.8. The smallest absolute Gasteiger partial charge is 0.300 e. The van der Waals surface area contributed by atoms with E-state index in [1.54, 1.807) is 0 Å². The molecule has 1 fully saturated rings. The highest BCUT2D eigenvalue weighted by Gasteiger charge is 2.47.